The molecule has 1 aliphatic heterocycles. The van der Waals surface area contributed by atoms with E-state index in [1.807, 2.05) is 37.3 Å². The zero-order valence-corrected chi connectivity index (χ0v) is 11.4. The Morgan fingerprint density at radius 2 is 2.05 bits per heavy atom. The number of amides is 1. The van der Waals surface area contributed by atoms with Crippen LogP contribution in [0.25, 0.3) is 0 Å². The van der Waals surface area contributed by atoms with E-state index in [1.54, 1.807) is 0 Å². The summed E-state index contributed by atoms with van der Waals surface area (Å²) in [7, 11) is 0. The van der Waals surface area contributed by atoms with Crippen LogP contribution in [0.1, 0.15) is 26.2 Å². The molecule has 0 radical (unpaired) electrons. The number of hydrogen-bond acceptors (Lipinski definition) is 3. The Labute approximate surface area is 114 Å². The van der Waals surface area contributed by atoms with Gasteiger partial charge in [0.2, 0.25) is 5.91 Å². The lowest BCUT2D eigenvalue weighted by Gasteiger charge is -2.22. The maximum Gasteiger partial charge on any atom is 0.238 e. The van der Waals surface area contributed by atoms with Crippen molar-refractivity contribution in [2.24, 2.45) is 0 Å². The molecular formula is C15H22N2O2. The molecule has 4 nitrogen and oxygen atoms in total. The summed E-state index contributed by atoms with van der Waals surface area (Å²) in [6, 6.07) is 9.49. The first kappa shape index (κ1) is 14.0. The van der Waals surface area contributed by atoms with Crippen molar-refractivity contribution in [3.8, 4) is 0 Å². The number of para-hydroxylation sites is 1. The molecule has 1 aliphatic rings. The van der Waals surface area contributed by atoms with Gasteiger partial charge in [-0.05, 0) is 44.9 Å². The Kier molecular flexibility index (Phi) is 4.56. The molecule has 19 heavy (non-hydrogen) atoms. The second-order valence-corrected chi connectivity index (χ2v) is 5.54. The van der Waals surface area contributed by atoms with Gasteiger partial charge in [-0.2, -0.15) is 0 Å². The third-order valence-electron chi connectivity index (χ3n) is 3.58. The molecule has 0 spiro atoms. The van der Waals surface area contributed by atoms with E-state index in [0.717, 1.165) is 38.0 Å². The highest BCUT2D eigenvalue weighted by atomic mass is 16.3. The Morgan fingerprint density at radius 1 is 1.32 bits per heavy atom. The number of carbonyl (C=O) groups is 1. The SMILES string of the molecule is CC1(O)CCCN(CC(=O)Nc2ccccc2)CC1. The van der Waals surface area contributed by atoms with Crippen molar-refractivity contribution >= 4 is 11.6 Å². The van der Waals surface area contributed by atoms with E-state index in [0.29, 0.717) is 6.54 Å². The Balaban J connectivity index is 1.82. The van der Waals surface area contributed by atoms with Gasteiger partial charge in [-0.1, -0.05) is 18.2 Å². The zero-order chi connectivity index (χ0) is 13.7. The number of rotatable bonds is 3. The molecule has 1 aromatic rings. The largest absolute Gasteiger partial charge is 0.390 e. The fourth-order valence-electron chi connectivity index (χ4n) is 2.40. The standard InChI is InChI=1S/C15H22N2O2/c1-15(19)8-5-10-17(11-9-15)12-14(18)16-13-6-3-2-4-7-13/h2-4,6-7,19H,5,8-12H2,1H3,(H,16,18). The molecule has 1 atom stereocenters. The first-order valence-corrected chi connectivity index (χ1v) is 6.85. The molecule has 1 heterocycles. The highest BCUT2D eigenvalue weighted by Crippen LogP contribution is 2.21. The summed E-state index contributed by atoms with van der Waals surface area (Å²) in [5.41, 5.74) is 0.249. The number of aliphatic hydroxyl groups is 1. The minimum atomic E-state index is -0.579. The van der Waals surface area contributed by atoms with Crippen LogP contribution in [0.4, 0.5) is 5.69 Å². The average Bonchev–Trinajstić information content (AvgIpc) is 2.52. The van der Waals surface area contributed by atoms with Crippen LogP contribution in [0.15, 0.2) is 30.3 Å². The molecule has 0 aromatic heterocycles. The molecular weight excluding hydrogens is 240 g/mol. The van der Waals surface area contributed by atoms with E-state index < -0.39 is 5.60 Å². The molecule has 1 aromatic carbocycles. The van der Waals surface area contributed by atoms with Gasteiger partial charge >= 0.3 is 0 Å². The van der Waals surface area contributed by atoms with Crippen molar-refractivity contribution in [3.05, 3.63) is 30.3 Å². The van der Waals surface area contributed by atoms with Gasteiger partial charge in [0.1, 0.15) is 0 Å². The van der Waals surface area contributed by atoms with Gasteiger partial charge < -0.3 is 10.4 Å². The fraction of sp³-hybridized carbons (Fsp3) is 0.533. The number of nitrogens with one attached hydrogen (secondary N) is 1. The van der Waals surface area contributed by atoms with E-state index in [1.165, 1.54) is 0 Å². The second-order valence-electron chi connectivity index (χ2n) is 5.54. The first-order chi connectivity index (χ1) is 9.05. The van der Waals surface area contributed by atoms with Crippen LogP contribution in [-0.4, -0.2) is 41.1 Å². The average molecular weight is 262 g/mol. The van der Waals surface area contributed by atoms with Gasteiger partial charge in [-0.25, -0.2) is 0 Å². The lowest BCUT2D eigenvalue weighted by molar-refractivity contribution is -0.117. The molecule has 104 valence electrons. The van der Waals surface area contributed by atoms with Crippen LogP contribution in [0.3, 0.4) is 0 Å². The van der Waals surface area contributed by atoms with E-state index >= 15 is 0 Å². The normalized spacial score (nSPS) is 24.7. The molecule has 1 amide bonds. The molecule has 1 fully saturated rings. The summed E-state index contributed by atoms with van der Waals surface area (Å²) in [4.78, 5) is 14.0. The van der Waals surface area contributed by atoms with E-state index in [9.17, 15) is 9.90 Å². The van der Waals surface area contributed by atoms with Gasteiger partial charge in [0.05, 0.1) is 12.1 Å². The van der Waals surface area contributed by atoms with Crippen LogP contribution >= 0.6 is 0 Å². The number of anilines is 1. The molecule has 0 aliphatic carbocycles. The Morgan fingerprint density at radius 3 is 2.79 bits per heavy atom. The second kappa shape index (κ2) is 6.17. The summed E-state index contributed by atoms with van der Waals surface area (Å²) >= 11 is 0. The van der Waals surface area contributed by atoms with Crippen LogP contribution in [0.2, 0.25) is 0 Å². The quantitative estimate of drug-likeness (QED) is 0.874. The minimum absolute atomic E-state index is 0.00717. The molecule has 1 saturated heterocycles. The molecule has 0 saturated carbocycles. The third kappa shape index (κ3) is 4.65. The number of hydrogen-bond donors (Lipinski definition) is 2. The smallest absolute Gasteiger partial charge is 0.238 e. The van der Waals surface area contributed by atoms with Gasteiger partial charge in [0, 0.05) is 12.2 Å². The zero-order valence-electron chi connectivity index (χ0n) is 11.4. The molecule has 1 unspecified atom stereocenters. The molecule has 0 bridgehead atoms. The van der Waals surface area contributed by atoms with Crippen molar-refractivity contribution in [2.75, 3.05) is 25.0 Å². The van der Waals surface area contributed by atoms with Crippen molar-refractivity contribution in [3.63, 3.8) is 0 Å². The Hall–Kier alpha value is -1.39. The summed E-state index contributed by atoms with van der Waals surface area (Å²) in [6.07, 6.45) is 2.47. The van der Waals surface area contributed by atoms with Gasteiger partial charge in [0.15, 0.2) is 0 Å². The third-order valence-corrected chi connectivity index (χ3v) is 3.58. The van der Waals surface area contributed by atoms with Gasteiger partial charge in [0.25, 0.3) is 0 Å². The lowest BCUT2D eigenvalue weighted by atomic mass is 9.98. The van der Waals surface area contributed by atoms with E-state index in [4.69, 9.17) is 0 Å². The van der Waals surface area contributed by atoms with Crippen molar-refractivity contribution in [1.29, 1.82) is 0 Å². The fourth-order valence-corrected chi connectivity index (χ4v) is 2.40. The van der Waals surface area contributed by atoms with Gasteiger partial charge in [-0.3, -0.25) is 9.69 Å². The Bertz CT molecular complexity index is 417. The van der Waals surface area contributed by atoms with Crippen molar-refractivity contribution < 1.29 is 9.90 Å². The summed E-state index contributed by atoms with van der Waals surface area (Å²) in [6.45, 7) is 3.92. The number of likely N-dealkylation sites (tertiary alicyclic amines) is 1. The minimum Gasteiger partial charge on any atom is -0.390 e. The summed E-state index contributed by atoms with van der Waals surface area (Å²) in [5, 5.41) is 12.9. The number of carbonyl (C=O) groups excluding carboxylic acids is 1. The highest BCUT2D eigenvalue weighted by molar-refractivity contribution is 5.92. The predicted molar refractivity (Wildman–Crippen MR) is 76.0 cm³/mol. The van der Waals surface area contributed by atoms with E-state index in [2.05, 4.69) is 10.2 Å². The lowest BCUT2D eigenvalue weighted by Crippen LogP contribution is -2.35. The van der Waals surface area contributed by atoms with Gasteiger partial charge in [-0.15, -0.1) is 0 Å². The maximum atomic E-state index is 11.9. The predicted octanol–water partition coefficient (Wildman–Crippen LogP) is 1.86. The van der Waals surface area contributed by atoms with E-state index in [-0.39, 0.29) is 5.91 Å². The maximum absolute atomic E-state index is 11.9. The highest BCUT2D eigenvalue weighted by Gasteiger charge is 2.25. The summed E-state index contributed by atoms with van der Waals surface area (Å²) in [5.74, 6) is 0.00717. The van der Waals surface area contributed by atoms with Crippen LogP contribution in [0, 0.1) is 0 Å². The van der Waals surface area contributed by atoms with Crippen molar-refractivity contribution in [1.82, 2.24) is 4.90 Å². The molecule has 2 N–H and O–H groups in total. The van der Waals surface area contributed by atoms with Crippen LogP contribution < -0.4 is 5.32 Å². The van der Waals surface area contributed by atoms with Crippen molar-refractivity contribution in [2.45, 2.75) is 31.8 Å². The van der Waals surface area contributed by atoms with Crippen LogP contribution in [0.5, 0.6) is 0 Å². The van der Waals surface area contributed by atoms with Crippen LogP contribution in [-0.2, 0) is 4.79 Å². The number of benzene rings is 1. The molecule has 2 rings (SSSR count). The summed E-state index contributed by atoms with van der Waals surface area (Å²) < 4.78 is 0. The first-order valence-electron chi connectivity index (χ1n) is 6.85. The number of nitrogens with zero attached hydrogens (tertiary/aromatic N) is 1. The molecule has 4 heteroatoms. The monoisotopic (exact) mass is 262 g/mol. The topological polar surface area (TPSA) is 52.6 Å².